The Hall–Kier alpha value is -3.50. The molecule has 1 heterocycles. The van der Waals surface area contributed by atoms with Gasteiger partial charge in [0.25, 0.3) is 0 Å². The van der Waals surface area contributed by atoms with Crippen LogP contribution in [0, 0.1) is 11.3 Å². The lowest BCUT2D eigenvalue weighted by Crippen LogP contribution is -2.13. The van der Waals surface area contributed by atoms with Crippen molar-refractivity contribution in [2.75, 3.05) is 26.1 Å². The van der Waals surface area contributed by atoms with E-state index in [4.69, 9.17) is 14.6 Å². The molecule has 0 bridgehead atoms. The first kappa shape index (κ1) is 21.8. The molecule has 0 aliphatic rings. The maximum atomic E-state index is 11.7. The molecule has 0 radical (unpaired) electrons. The van der Waals surface area contributed by atoms with Crippen LogP contribution in [0.4, 0.5) is 10.5 Å². The molecule has 7 nitrogen and oxygen atoms in total. The van der Waals surface area contributed by atoms with Crippen LogP contribution in [0.1, 0.15) is 18.9 Å². The molecule has 2 aromatic carbocycles. The van der Waals surface area contributed by atoms with Crippen molar-refractivity contribution < 1.29 is 19.4 Å². The minimum absolute atomic E-state index is 0.384. The Labute approximate surface area is 170 Å². The summed E-state index contributed by atoms with van der Waals surface area (Å²) < 4.78 is 12.3. The van der Waals surface area contributed by atoms with Gasteiger partial charge in [-0.05, 0) is 36.2 Å². The number of hydrogen-bond acceptors (Lipinski definition) is 5. The monoisotopic (exact) mass is 395 g/mol. The first-order valence-corrected chi connectivity index (χ1v) is 9.14. The number of methoxy groups -OCH3 is 1. The minimum Gasteiger partial charge on any atom is -0.497 e. The fourth-order valence-electron chi connectivity index (χ4n) is 3.05. The molecule has 3 aromatic rings. The molecule has 29 heavy (non-hydrogen) atoms. The van der Waals surface area contributed by atoms with Crippen molar-refractivity contribution in [3.63, 3.8) is 0 Å². The Morgan fingerprint density at radius 3 is 2.48 bits per heavy atom. The van der Waals surface area contributed by atoms with Crippen molar-refractivity contribution in [2.45, 2.75) is 13.3 Å². The zero-order valence-corrected chi connectivity index (χ0v) is 17.0. The summed E-state index contributed by atoms with van der Waals surface area (Å²) in [5.74, 6) is 0.740. The topological polar surface area (TPSA) is 96.5 Å². The van der Waals surface area contributed by atoms with E-state index in [9.17, 15) is 10.1 Å². The van der Waals surface area contributed by atoms with Crippen molar-refractivity contribution in [1.29, 1.82) is 5.26 Å². The molecular formula is C22H25N3O4. The number of hydrogen-bond donors (Lipinski definition) is 2. The highest BCUT2D eigenvalue weighted by Crippen LogP contribution is 2.34. The maximum absolute atomic E-state index is 11.7. The summed E-state index contributed by atoms with van der Waals surface area (Å²) in [6.07, 6.45) is 0.300. The first-order chi connectivity index (χ1) is 14.1. The van der Waals surface area contributed by atoms with Crippen LogP contribution in [0.5, 0.6) is 5.75 Å². The predicted octanol–water partition coefficient (Wildman–Crippen LogP) is 4.29. The molecule has 7 heteroatoms. The Balaban J connectivity index is 0.00000145. The van der Waals surface area contributed by atoms with Gasteiger partial charge in [0.05, 0.1) is 30.5 Å². The SMILES string of the molecule is CCCOC(=O)Nc1ccc(-c2c(C#N)c3ccc(OC)cc3n2C)cc1.CO. The van der Waals surface area contributed by atoms with E-state index in [0.717, 1.165) is 41.4 Å². The second-order valence-electron chi connectivity index (χ2n) is 6.12. The lowest BCUT2D eigenvalue weighted by Gasteiger charge is -2.09. The Morgan fingerprint density at radius 1 is 1.21 bits per heavy atom. The summed E-state index contributed by atoms with van der Waals surface area (Å²) >= 11 is 0. The molecule has 1 aromatic heterocycles. The number of nitrogens with one attached hydrogen (secondary N) is 1. The number of carbonyl (C=O) groups is 1. The van der Waals surface area contributed by atoms with Crippen LogP contribution in [-0.4, -0.2) is 36.6 Å². The number of aliphatic hydroxyl groups excluding tert-OH is 1. The summed E-state index contributed by atoms with van der Waals surface area (Å²) in [5, 5.41) is 20.3. The summed E-state index contributed by atoms with van der Waals surface area (Å²) in [5.41, 5.74) is 3.88. The van der Waals surface area contributed by atoms with Gasteiger partial charge in [0.1, 0.15) is 11.8 Å². The van der Waals surface area contributed by atoms with Gasteiger partial charge in [-0.1, -0.05) is 19.1 Å². The van der Waals surface area contributed by atoms with Gasteiger partial charge in [-0.3, -0.25) is 5.32 Å². The van der Waals surface area contributed by atoms with E-state index in [-0.39, 0.29) is 0 Å². The van der Waals surface area contributed by atoms with E-state index >= 15 is 0 Å². The van der Waals surface area contributed by atoms with E-state index in [2.05, 4.69) is 11.4 Å². The van der Waals surface area contributed by atoms with E-state index in [0.29, 0.717) is 17.9 Å². The number of aromatic nitrogens is 1. The Morgan fingerprint density at radius 2 is 1.90 bits per heavy atom. The smallest absolute Gasteiger partial charge is 0.411 e. The second-order valence-corrected chi connectivity index (χ2v) is 6.12. The molecule has 0 spiro atoms. The molecule has 0 aliphatic heterocycles. The van der Waals surface area contributed by atoms with Crippen LogP contribution in [0.15, 0.2) is 42.5 Å². The maximum Gasteiger partial charge on any atom is 0.411 e. The number of fused-ring (bicyclic) bond motifs is 1. The van der Waals surface area contributed by atoms with Crippen molar-refractivity contribution in [2.24, 2.45) is 7.05 Å². The zero-order chi connectivity index (χ0) is 21.4. The fraction of sp³-hybridized carbons (Fsp3) is 0.273. The largest absolute Gasteiger partial charge is 0.497 e. The number of benzene rings is 2. The predicted molar refractivity (Wildman–Crippen MR) is 113 cm³/mol. The molecule has 2 N–H and O–H groups in total. The third-order valence-corrected chi connectivity index (χ3v) is 4.36. The lowest BCUT2D eigenvalue weighted by atomic mass is 10.1. The first-order valence-electron chi connectivity index (χ1n) is 9.14. The van der Waals surface area contributed by atoms with Crippen LogP contribution >= 0.6 is 0 Å². The number of aryl methyl sites for hydroxylation is 1. The van der Waals surface area contributed by atoms with Gasteiger partial charge in [0, 0.05) is 31.3 Å². The molecule has 152 valence electrons. The van der Waals surface area contributed by atoms with Crippen molar-refractivity contribution in [3.05, 3.63) is 48.0 Å². The number of anilines is 1. The molecule has 0 unspecified atom stereocenters. The molecule has 0 saturated carbocycles. The van der Waals surface area contributed by atoms with Crippen LogP contribution in [0.25, 0.3) is 22.2 Å². The summed E-state index contributed by atoms with van der Waals surface area (Å²) in [7, 11) is 4.54. The van der Waals surface area contributed by atoms with Crippen molar-refractivity contribution >= 4 is 22.7 Å². The third-order valence-electron chi connectivity index (χ3n) is 4.36. The van der Waals surface area contributed by atoms with Crippen molar-refractivity contribution in [3.8, 4) is 23.1 Å². The number of aliphatic hydroxyl groups is 1. The van der Waals surface area contributed by atoms with Crippen LogP contribution in [0.3, 0.4) is 0 Å². The highest BCUT2D eigenvalue weighted by molar-refractivity contribution is 5.95. The molecule has 0 fully saturated rings. The van der Waals surface area contributed by atoms with E-state index in [1.807, 2.05) is 48.9 Å². The zero-order valence-electron chi connectivity index (χ0n) is 17.0. The molecule has 3 rings (SSSR count). The summed E-state index contributed by atoms with van der Waals surface area (Å²) in [6.45, 7) is 2.32. The third kappa shape index (κ3) is 4.68. The van der Waals surface area contributed by atoms with Gasteiger partial charge in [-0.2, -0.15) is 5.26 Å². The van der Waals surface area contributed by atoms with E-state index < -0.39 is 6.09 Å². The number of amides is 1. The van der Waals surface area contributed by atoms with Gasteiger partial charge in [-0.15, -0.1) is 0 Å². The normalized spacial score (nSPS) is 9.93. The summed E-state index contributed by atoms with van der Waals surface area (Å²) in [6, 6.07) is 15.3. The number of carbonyl (C=O) groups excluding carboxylic acids is 1. The second kappa shape index (κ2) is 10.2. The van der Waals surface area contributed by atoms with Crippen molar-refractivity contribution in [1.82, 2.24) is 4.57 Å². The fourth-order valence-corrected chi connectivity index (χ4v) is 3.05. The Kier molecular flexibility index (Phi) is 7.63. The molecule has 0 atom stereocenters. The molecule has 1 amide bonds. The van der Waals surface area contributed by atoms with Gasteiger partial charge in [0.2, 0.25) is 0 Å². The highest BCUT2D eigenvalue weighted by Gasteiger charge is 2.17. The Bertz CT molecular complexity index is 1020. The van der Waals surface area contributed by atoms with Gasteiger partial charge < -0.3 is 19.1 Å². The number of rotatable bonds is 5. The van der Waals surface area contributed by atoms with E-state index in [1.54, 1.807) is 19.2 Å². The van der Waals surface area contributed by atoms with Crippen LogP contribution < -0.4 is 10.1 Å². The van der Waals surface area contributed by atoms with Gasteiger partial charge in [-0.25, -0.2) is 4.79 Å². The average molecular weight is 395 g/mol. The van der Waals surface area contributed by atoms with E-state index in [1.165, 1.54) is 0 Å². The van der Waals surface area contributed by atoms with Crippen LogP contribution in [0.2, 0.25) is 0 Å². The molecule has 0 aliphatic carbocycles. The quantitative estimate of drug-likeness (QED) is 0.672. The van der Waals surface area contributed by atoms with Gasteiger partial charge in [0.15, 0.2) is 0 Å². The number of ether oxygens (including phenoxy) is 2. The standard InChI is InChI=1S/C21H21N3O3.CH4O/c1-4-11-27-21(25)23-15-7-5-14(6-8-15)20-18(13-22)17-10-9-16(26-3)12-19(17)24(20)2;1-2/h5-10,12H,4,11H2,1-3H3,(H,23,25);2H,1H3. The number of nitrogens with zero attached hydrogens (tertiary/aromatic N) is 2. The highest BCUT2D eigenvalue weighted by atomic mass is 16.5. The average Bonchev–Trinajstić information content (AvgIpc) is 3.05. The number of nitriles is 1. The minimum atomic E-state index is -0.473. The molecule has 0 saturated heterocycles. The lowest BCUT2D eigenvalue weighted by molar-refractivity contribution is 0.161. The van der Waals surface area contributed by atoms with Crippen LogP contribution in [-0.2, 0) is 11.8 Å². The van der Waals surface area contributed by atoms with Gasteiger partial charge >= 0.3 is 6.09 Å². The molecular weight excluding hydrogens is 370 g/mol. The summed E-state index contributed by atoms with van der Waals surface area (Å²) in [4.78, 5) is 11.7.